The average Bonchev–Trinajstić information content (AvgIpc) is 2.44. The molecule has 118 valence electrons. The normalized spacial score (nSPS) is 13.8. The minimum Gasteiger partial charge on any atom is -0.335 e. The number of rotatable bonds is 7. The van der Waals surface area contributed by atoms with Gasteiger partial charge in [0.15, 0.2) is 0 Å². The lowest BCUT2D eigenvalue weighted by molar-refractivity contribution is 0.202. The van der Waals surface area contributed by atoms with Gasteiger partial charge in [0.25, 0.3) is 0 Å². The second-order valence-corrected chi connectivity index (χ2v) is 6.03. The number of carbonyl (C=O) groups is 1. The van der Waals surface area contributed by atoms with Gasteiger partial charge in [-0.25, -0.2) is 4.79 Å². The number of hydrogen-bond acceptors (Lipinski definition) is 3. The van der Waals surface area contributed by atoms with Crippen LogP contribution in [0.15, 0.2) is 24.5 Å². The SMILES string of the molecule is CC(Cc1cccnc1)NC(=O)N(C)CCC(N)C(C)C. The summed E-state index contributed by atoms with van der Waals surface area (Å²) in [6.45, 7) is 6.87. The number of nitrogens with one attached hydrogen (secondary N) is 1. The molecule has 1 heterocycles. The van der Waals surface area contributed by atoms with E-state index in [1.165, 1.54) is 0 Å². The van der Waals surface area contributed by atoms with E-state index in [4.69, 9.17) is 5.73 Å². The van der Waals surface area contributed by atoms with Crippen LogP contribution in [0.1, 0.15) is 32.8 Å². The summed E-state index contributed by atoms with van der Waals surface area (Å²) in [5, 5.41) is 3.00. The highest BCUT2D eigenvalue weighted by Gasteiger charge is 2.14. The zero-order chi connectivity index (χ0) is 15.8. The highest BCUT2D eigenvalue weighted by Crippen LogP contribution is 2.05. The number of carbonyl (C=O) groups excluding carboxylic acids is 1. The molecule has 2 unspecified atom stereocenters. The summed E-state index contributed by atoms with van der Waals surface area (Å²) in [7, 11) is 1.80. The molecular formula is C16H28N4O. The van der Waals surface area contributed by atoms with Crippen molar-refractivity contribution in [2.24, 2.45) is 11.7 Å². The molecule has 1 rings (SSSR count). The van der Waals surface area contributed by atoms with Crippen LogP contribution in [0.5, 0.6) is 0 Å². The molecule has 3 N–H and O–H groups in total. The summed E-state index contributed by atoms with van der Waals surface area (Å²) in [6, 6.07) is 4.07. The van der Waals surface area contributed by atoms with Crippen LogP contribution in [-0.2, 0) is 6.42 Å². The predicted octanol–water partition coefficient (Wildman–Crippen LogP) is 2.03. The van der Waals surface area contributed by atoms with E-state index in [0.717, 1.165) is 18.4 Å². The molecule has 0 saturated carbocycles. The standard InChI is InChI=1S/C16H28N4O/c1-12(2)15(17)7-9-20(4)16(21)19-13(3)10-14-6-5-8-18-11-14/h5-6,8,11-13,15H,7,9-10,17H2,1-4H3,(H,19,21). The third-order valence-corrected chi connectivity index (χ3v) is 3.64. The van der Waals surface area contributed by atoms with Crippen molar-refractivity contribution in [1.29, 1.82) is 0 Å². The monoisotopic (exact) mass is 292 g/mol. The van der Waals surface area contributed by atoms with Gasteiger partial charge in [-0.3, -0.25) is 4.98 Å². The summed E-state index contributed by atoms with van der Waals surface area (Å²) in [6.07, 6.45) is 5.17. The van der Waals surface area contributed by atoms with E-state index in [2.05, 4.69) is 24.1 Å². The Labute approximate surface area is 127 Å². The molecule has 0 radical (unpaired) electrons. The van der Waals surface area contributed by atoms with Crippen molar-refractivity contribution in [2.75, 3.05) is 13.6 Å². The lowest BCUT2D eigenvalue weighted by Crippen LogP contribution is -2.44. The maximum absolute atomic E-state index is 12.1. The van der Waals surface area contributed by atoms with Crippen molar-refractivity contribution in [3.8, 4) is 0 Å². The zero-order valence-electron chi connectivity index (χ0n) is 13.5. The molecule has 0 saturated heterocycles. The number of urea groups is 1. The van der Waals surface area contributed by atoms with Crippen LogP contribution in [0.4, 0.5) is 4.79 Å². The summed E-state index contributed by atoms with van der Waals surface area (Å²) >= 11 is 0. The number of hydrogen-bond donors (Lipinski definition) is 2. The average molecular weight is 292 g/mol. The number of nitrogens with zero attached hydrogens (tertiary/aromatic N) is 2. The van der Waals surface area contributed by atoms with Crippen LogP contribution >= 0.6 is 0 Å². The minimum absolute atomic E-state index is 0.0534. The quantitative estimate of drug-likeness (QED) is 0.807. The molecule has 1 aromatic rings. The molecule has 0 aliphatic heterocycles. The Morgan fingerprint density at radius 3 is 2.71 bits per heavy atom. The Morgan fingerprint density at radius 2 is 2.14 bits per heavy atom. The largest absolute Gasteiger partial charge is 0.335 e. The van der Waals surface area contributed by atoms with Crippen molar-refractivity contribution in [3.63, 3.8) is 0 Å². The first kappa shape index (κ1) is 17.4. The smallest absolute Gasteiger partial charge is 0.317 e. The number of pyridine rings is 1. The molecule has 0 aliphatic carbocycles. The molecular weight excluding hydrogens is 264 g/mol. The first-order valence-corrected chi connectivity index (χ1v) is 7.56. The molecule has 0 spiro atoms. The van der Waals surface area contributed by atoms with Gasteiger partial charge in [-0.05, 0) is 37.3 Å². The number of amides is 2. The molecule has 0 bridgehead atoms. The number of nitrogens with two attached hydrogens (primary N) is 1. The first-order valence-electron chi connectivity index (χ1n) is 7.56. The van der Waals surface area contributed by atoms with Crippen molar-refractivity contribution in [2.45, 2.75) is 45.7 Å². The third kappa shape index (κ3) is 6.58. The van der Waals surface area contributed by atoms with Gasteiger partial charge in [-0.1, -0.05) is 19.9 Å². The maximum atomic E-state index is 12.1. The van der Waals surface area contributed by atoms with Gasteiger partial charge >= 0.3 is 6.03 Å². The van der Waals surface area contributed by atoms with Crippen molar-refractivity contribution in [3.05, 3.63) is 30.1 Å². The maximum Gasteiger partial charge on any atom is 0.317 e. The van der Waals surface area contributed by atoms with Crippen LogP contribution in [0.2, 0.25) is 0 Å². The fraction of sp³-hybridized carbons (Fsp3) is 0.625. The second-order valence-electron chi connectivity index (χ2n) is 6.03. The van der Waals surface area contributed by atoms with Gasteiger partial charge < -0.3 is 16.0 Å². The molecule has 21 heavy (non-hydrogen) atoms. The van der Waals surface area contributed by atoms with Crippen molar-refractivity contribution in [1.82, 2.24) is 15.2 Å². The van der Waals surface area contributed by atoms with Crippen LogP contribution in [0.3, 0.4) is 0 Å². The molecule has 0 aliphatic rings. The summed E-state index contributed by atoms with van der Waals surface area (Å²) in [4.78, 5) is 17.9. The van der Waals surface area contributed by atoms with Gasteiger partial charge in [0, 0.05) is 38.1 Å². The van der Waals surface area contributed by atoms with Crippen LogP contribution in [-0.4, -0.2) is 41.6 Å². The molecule has 0 fully saturated rings. The highest BCUT2D eigenvalue weighted by molar-refractivity contribution is 5.74. The van der Waals surface area contributed by atoms with Gasteiger partial charge in [0.05, 0.1) is 0 Å². The molecule has 2 amide bonds. The van der Waals surface area contributed by atoms with Gasteiger partial charge in [-0.15, -0.1) is 0 Å². The Morgan fingerprint density at radius 1 is 1.43 bits per heavy atom. The fourth-order valence-corrected chi connectivity index (χ4v) is 2.02. The van der Waals surface area contributed by atoms with Crippen molar-refractivity contribution < 1.29 is 4.79 Å². The van der Waals surface area contributed by atoms with Gasteiger partial charge in [0.2, 0.25) is 0 Å². The Kier molecular flexibility index (Phi) is 7.15. The third-order valence-electron chi connectivity index (χ3n) is 3.64. The molecule has 2 atom stereocenters. The van der Waals surface area contributed by atoms with Crippen LogP contribution in [0, 0.1) is 5.92 Å². The Hall–Kier alpha value is -1.62. The van der Waals surface area contributed by atoms with E-state index in [1.54, 1.807) is 18.1 Å². The Bertz CT molecular complexity index is 422. The number of aromatic nitrogens is 1. The van der Waals surface area contributed by atoms with Gasteiger partial charge in [-0.2, -0.15) is 0 Å². The van der Waals surface area contributed by atoms with Crippen LogP contribution < -0.4 is 11.1 Å². The topological polar surface area (TPSA) is 71.2 Å². The van der Waals surface area contributed by atoms with Crippen molar-refractivity contribution >= 4 is 6.03 Å². The summed E-state index contributed by atoms with van der Waals surface area (Å²) in [5.74, 6) is 0.436. The molecule has 0 aromatic carbocycles. The van der Waals surface area contributed by atoms with E-state index in [-0.39, 0.29) is 18.1 Å². The summed E-state index contributed by atoms with van der Waals surface area (Å²) < 4.78 is 0. The zero-order valence-corrected chi connectivity index (χ0v) is 13.5. The second kappa shape index (κ2) is 8.62. The predicted molar refractivity (Wildman–Crippen MR) is 86.0 cm³/mol. The van der Waals surface area contributed by atoms with E-state index in [0.29, 0.717) is 12.5 Å². The van der Waals surface area contributed by atoms with E-state index < -0.39 is 0 Å². The highest BCUT2D eigenvalue weighted by atomic mass is 16.2. The van der Waals surface area contributed by atoms with E-state index in [1.807, 2.05) is 25.3 Å². The first-order chi connectivity index (χ1) is 9.90. The Balaban J connectivity index is 2.34. The fourth-order valence-electron chi connectivity index (χ4n) is 2.02. The lowest BCUT2D eigenvalue weighted by Gasteiger charge is -2.23. The van der Waals surface area contributed by atoms with E-state index >= 15 is 0 Å². The molecule has 5 nitrogen and oxygen atoms in total. The van der Waals surface area contributed by atoms with Crippen LogP contribution in [0.25, 0.3) is 0 Å². The minimum atomic E-state index is -0.0534. The summed E-state index contributed by atoms with van der Waals surface area (Å²) in [5.41, 5.74) is 7.12. The molecule has 5 heteroatoms. The lowest BCUT2D eigenvalue weighted by atomic mass is 10.0. The van der Waals surface area contributed by atoms with E-state index in [9.17, 15) is 4.79 Å². The molecule has 1 aromatic heterocycles. The van der Waals surface area contributed by atoms with Gasteiger partial charge in [0.1, 0.15) is 0 Å².